The number of ether oxygens (including phenoxy) is 3. The number of methoxy groups -OCH3 is 1. The molecule has 3 heterocycles. The predicted octanol–water partition coefficient (Wildman–Crippen LogP) is 5.83. The van der Waals surface area contributed by atoms with E-state index in [2.05, 4.69) is 45.5 Å². The maximum Gasteiger partial charge on any atom is 0.253 e. The number of hydrogen-bond acceptors (Lipinski definition) is 7. The van der Waals surface area contributed by atoms with Crippen molar-refractivity contribution in [2.75, 3.05) is 26.8 Å². The van der Waals surface area contributed by atoms with Crippen LogP contribution in [0.4, 0.5) is 0 Å². The number of nitrogens with one attached hydrogen (secondary N) is 1. The number of rotatable bonds is 11. The van der Waals surface area contributed by atoms with Crippen molar-refractivity contribution in [3.8, 4) is 11.1 Å². The molecule has 45 heavy (non-hydrogen) atoms. The van der Waals surface area contributed by atoms with Crippen molar-refractivity contribution in [1.82, 2.24) is 15.2 Å². The molecule has 4 aromatic rings. The molecule has 234 valence electrons. The molecule has 0 saturated carbocycles. The van der Waals surface area contributed by atoms with Gasteiger partial charge in [0.1, 0.15) is 0 Å². The maximum atomic E-state index is 12.6. The maximum absolute atomic E-state index is 12.6. The van der Waals surface area contributed by atoms with Crippen molar-refractivity contribution >= 4 is 5.91 Å². The molecule has 2 N–H and O–H groups in total. The molecule has 4 atom stereocenters. The molecule has 2 aliphatic heterocycles. The Morgan fingerprint density at radius 2 is 1.80 bits per heavy atom. The van der Waals surface area contributed by atoms with Gasteiger partial charge in [0.05, 0.1) is 31.0 Å². The van der Waals surface area contributed by atoms with E-state index >= 15 is 0 Å². The van der Waals surface area contributed by atoms with Gasteiger partial charge in [0.15, 0.2) is 6.29 Å². The lowest BCUT2D eigenvalue weighted by molar-refractivity contribution is -0.253. The largest absolute Gasteiger partial charge is 0.392 e. The highest BCUT2D eigenvalue weighted by Gasteiger charge is 2.35. The molecule has 0 radical (unpaired) electrons. The average molecular weight is 608 g/mol. The van der Waals surface area contributed by atoms with Crippen LogP contribution in [-0.4, -0.2) is 59.8 Å². The normalized spacial score (nSPS) is 21.9. The van der Waals surface area contributed by atoms with Gasteiger partial charge in [-0.25, -0.2) is 0 Å². The minimum atomic E-state index is -0.516. The molecule has 3 aromatic carbocycles. The Balaban J connectivity index is 1.19. The summed E-state index contributed by atoms with van der Waals surface area (Å²) in [6.07, 6.45) is 5.63. The summed E-state index contributed by atoms with van der Waals surface area (Å²) in [4.78, 5) is 19.2. The van der Waals surface area contributed by atoms with Crippen LogP contribution in [0, 0.1) is 0 Å². The number of aliphatic hydroxyl groups excluding tert-OH is 1. The third kappa shape index (κ3) is 7.66. The highest BCUT2D eigenvalue weighted by Crippen LogP contribution is 2.39. The fraction of sp³-hybridized carbons (Fsp3) is 0.351. The second kappa shape index (κ2) is 14.9. The van der Waals surface area contributed by atoms with Crippen LogP contribution >= 0.6 is 0 Å². The van der Waals surface area contributed by atoms with Crippen LogP contribution in [0.5, 0.6) is 0 Å². The van der Waals surface area contributed by atoms with E-state index in [0.717, 1.165) is 65.9 Å². The van der Waals surface area contributed by atoms with E-state index in [4.69, 9.17) is 14.2 Å². The molecule has 2 aliphatic rings. The van der Waals surface area contributed by atoms with E-state index in [-0.39, 0.29) is 24.7 Å². The summed E-state index contributed by atoms with van der Waals surface area (Å²) in [5.74, 6) is -0.155. The minimum Gasteiger partial charge on any atom is -0.392 e. The van der Waals surface area contributed by atoms with Gasteiger partial charge in [0.2, 0.25) is 0 Å². The number of carbonyl (C=O) groups is 1. The number of aliphatic hydroxyl groups is 1. The van der Waals surface area contributed by atoms with Gasteiger partial charge in [-0.05, 0) is 59.3 Å². The lowest BCUT2D eigenvalue weighted by atomic mass is 9.97. The molecular formula is C37H41N3O5. The second-order valence-corrected chi connectivity index (χ2v) is 11.8. The van der Waals surface area contributed by atoms with Gasteiger partial charge in [-0.2, -0.15) is 0 Å². The number of amides is 1. The van der Waals surface area contributed by atoms with Crippen LogP contribution in [0.25, 0.3) is 11.1 Å². The van der Waals surface area contributed by atoms with Crippen molar-refractivity contribution in [1.29, 1.82) is 0 Å². The Morgan fingerprint density at radius 3 is 2.56 bits per heavy atom. The highest BCUT2D eigenvalue weighted by molar-refractivity contribution is 5.93. The van der Waals surface area contributed by atoms with Crippen molar-refractivity contribution < 1.29 is 24.1 Å². The van der Waals surface area contributed by atoms with Gasteiger partial charge in [-0.15, -0.1) is 0 Å². The van der Waals surface area contributed by atoms with Crippen LogP contribution in [0.1, 0.15) is 64.3 Å². The van der Waals surface area contributed by atoms with E-state index in [1.54, 1.807) is 31.6 Å². The zero-order valence-corrected chi connectivity index (χ0v) is 25.7. The monoisotopic (exact) mass is 607 g/mol. The number of aromatic nitrogens is 1. The Kier molecular flexibility index (Phi) is 10.3. The summed E-state index contributed by atoms with van der Waals surface area (Å²) >= 11 is 0. The number of benzene rings is 3. The van der Waals surface area contributed by atoms with Crippen LogP contribution in [0.15, 0.2) is 97.3 Å². The highest BCUT2D eigenvalue weighted by atomic mass is 16.7. The van der Waals surface area contributed by atoms with Crippen molar-refractivity contribution in [2.24, 2.45) is 0 Å². The molecule has 6 rings (SSSR count). The summed E-state index contributed by atoms with van der Waals surface area (Å²) in [5.41, 5.74) is 6.58. The van der Waals surface area contributed by atoms with Crippen molar-refractivity contribution in [2.45, 2.75) is 57.0 Å². The lowest BCUT2D eigenvalue weighted by Crippen LogP contribution is -2.42. The minimum absolute atomic E-state index is 0.00690. The molecule has 0 bridgehead atoms. The fourth-order valence-corrected chi connectivity index (χ4v) is 6.36. The van der Waals surface area contributed by atoms with Gasteiger partial charge in [-0.1, -0.05) is 72.8 Å². The van der Waals surface area contributed by atoms with Gasteiger partial charge in [0.25, 0.3) is 5.91 Å². The van der Waals surface area contributed by atoms with Gasteiger partial charge in [0, 0.05) is 50.6 Å². The molecule has 2 saturated heterocycles. The lowest BCUT2D eigenvalue weighted by Gasteiger charge is -2.38. The first-order valence-electron chi connectivity index (χ1n) is 15.7. The van der Waals surface area contributed by atoms with Crippen LogP contribution in [-0.2, 0) is 27.4 Å². The van der Waals surface area contributed by atoms with Crippen molar-refractivity contribution in [3.05, 3.63) is 125 Å². The predicted molar refractivity (Wildman–Crippen MR) is 172 cm³/mol. The topological polar surface area (TPSA) is 93.2 Å². The summed E-state index contributed by atoms with van der Waals surface area (Å²) in [5, 5.41) is 12.6. The van der Waals surface area contributed by atoms with E-state index in [1.165, 1.54) is 6.42 Å². The first kappa shape index (κ1) is 31.1. The van der Waals surface area contributed by atoms with Gasteiger partial charge >= 0.3 is 0 Å². The molecule has 0 aliphatic carbocycles. The van der Waals surface area contributed by atoms with Crippen LogP contribution in [0.3, 0.4) is 0 Å². The fourth-order valence-electron chi connectivity index (χ4n) is 6.36. The summed E-state index contributed by atoms with van der Waals surface area (Å²) < 4.78 is 18.7. The molecule has 0 spiro atoms. The summed E-state index contributed by atoms with van der Waals surface area (Å²) in [6, 6.07) is 28.4. The smallest absolute Gasteiger partial charge is 0.253 e. The number of carbonyl (C=O) groups excluding carboxylic acids is 1. The number of pyridine rings is 1. The van der Waals surface area contributed by atoms with Crippen LogP contribution < -0.4 is 5.32 Å². The Bertz CT molecular complexity index is 1530. The van der Waals surface area contributed by atoms with Crippen LogP contribution in [0.2, 0.25) is 0 Å². The number of hydrogen-bond donors (Lipinski definition) is 2. The van der Waals surface area contributed by atoms with Gasteiger partial charge in [-0.3, -0.25) is 14.7 Å². The SMILES string of the molecule is COC[C@@H]1CCCN1C[C@@H]1C[C@H](c2ccc(CO)cc2)O[C@H](c2ccc(-c3ccccc3CNC(=O)c3cccnc3)cc2)O1. The molecule has 8 nitrogen and oxygen atoms in total. The van der Waals surface area contributed by atoms with E-state index in [9.17, 15) is 9.90 Å². The first-order valence-corrected chi connectivity index (χ1v) is 15.7. The third-order valence-electron chi connectivity index (χ3n) is 8.79. The molecule has 1 amide bonds. The number of nitrogens with zero attached hydrogens (tertiary/aromatic N) is 2. The first-order chi connectivity index (χ1) is 22.1. The zero-order chi connectivity index (χ0) is 31.0. The molecule has 0 unspecified atom stereocenters. The summed E-state index contributed by atoms with van der Waals surface area (Å²) in [6.45, 7) is 3.03. The van der Waals surface area contributed by atoms with E-state index < -0.39 is 6.29 Å². The molecule has 2 fully saturated rings. The Hall–Kier alpha value is -3.92. The van der Waals surface area contributed by atoms with E-state index in [0.29, 0.717) is 18.2 Å². The Labute approximate surface area is 265 Å². The standard InChI is InChI=1S/C37H41N3O5/c1-43-25-32-8-5-19-40(32)23-33-20-35(28-12-10-26(24-41)11-13-28)45-37(44-33)29-16-14-27(15-17-29)34-9-3-2-6-30(34)22-39-36(42)31-7-4-18-38-21-31/h2-4,6-7,9-18,21,32-33,35,37,41H,5,8,19-20,22-25H2,1H3,(H,39,42)/t32-,33-,35+,37+/m0/s1. The Morgan fingerprint density at radius 1 is 1.00 bits per heavy atom. The van der Waals surface area contributed by atoms with Gasteiger partial charge < -0.3 is 24.6 Å². The molecule has 8 heteroatoms. The van der Waals surface area contributed by atoms with Crippen molar-refractivity contribution in [3.63, 3.8) is 0 Å². The zero-order valence-electron chi connectivity index (χ0n) is 25.7. The third-order valence-corrected chi connectivity index (χ3v) is 8.79. The quantitative estimate of drug-likeness (QED) is 0.222. The summed E-state index contributed by atoms with van der Waals surface area (Å²) in [7, 11) is 1.77. The number of likely N-dealkylation sites (tertiary alicyclic amines) is 1. The molecular weight excluding hydrogens is 566 g/mol. The molecule has 1 aromatic heterocycles. The average Bonchev–Trinajstić information content (AvgIpc) is 3.54. The second-order valence-electron chi connectivity index (χ2n) is 11.8. The van der Waals surface area contributed by atoms with E-state index in [1.807, 2.05) is 42.5 Å².